The molecule has 29 heavy (non-hydrogen) atoms. The summed E-state index contributed by atoms with van der Waals surface area (Å²) in [5, 5.41) is 13.1. The average Bonchev–Trinajstić information content (AvgIpc) is 3.23. The van der Waals surface area contributed by atoms with Crippen molar-refractivity contribution in [3.05, 3.63) is 33.7 Å². The molecule has 1 unspecified atom stereocenters. The third-order valence-electron chi connectivity index (χ3n) is 4.53. The van der Waals surface area contributed by atoms with Crippen molar-refractivity contribution >= 4 is 46.9 Å². The lowest BCUT2D eigenvalue weighted by Gasteiger charge is -2.55. The van der Waals surface area contributed by atoms with Crippen LogP contribution < -0.4 is 11.1 Å². The van der Waals surface area contributed by atoms with Crippen LogP contribution >= 0.6 is 23.1 Å². The summed E-state index contributed by atoms with van der Waals surface area (Å²) in [6.07, 6.45) is 0. The number of methoxy groups -OCH3 is 1. The van der Waals surface area contributed by atoms with E-state index in [2.05, 4.69) is 5.32 Å². The topological polar surface area (TPSA) is 148 Å². The molecule has 0 spiro atoms. The Morgan fingerprint density at radius 3 is 2.76 bits per heavy atom. The molecule has 0 radical (unpaired) electrons. The van der Waals surface area contributed by atoms with Gasteiger partial charge in [-0.2, -0.15) is 0 Å². The summed E-state index contributed by atoms with van der Waals surface area (Å²) in [5.74, 6) is -3.07. The minimum atomic E-state index is -1.73. The number of esters is 1. The molecule has 156 valence electrons. The van der Waals surface area contributed by atoms with Gasteiger partial charge in [0.15, 0.2) is 0 Å². The van der Waals surface area contributed by atoms with Gasteiger partial charge in [0.2, 0.25) is 5.91 Å². The van der Waals surface area contributed by atoms with Crippen molar-refractivity contribution in [1.82, 2.24) is 10.2 Å². The van der Waals surface area contributed by atoms with Gasteiger partial charge in [-0.3, -0.25) is 19.3 Å². The van der Waals surface area contributed by atoms with Gasteiger partial charge < -0.3 is 25.6 Å². The number of β-lactam (4-membered cyclic amide) rings is 1. The Kier molecular flexibility index (Phi) is 5.98. The molecular weight excluding hydrogens is 422 g/mol. The summed E-state index contributed by atoms with van der Waals surface area (Å²) in [7, 11) is 1.26. The zero-order valence-corrected chi connectivity index (χ0v) is 17.2. The van der Waals surface area contributed by atoms with Crippen molar-refractivity contribution in [2.75, 3.05) is 19.5 Å². The molecule has 1 saturated heterocycles. The van der Waals surface area contributed by atoms with Crippen molar-refractivity contribution in [3.63, 3.8) is 0 Å². The number of rotatable bonds is 7. The van der Waals surface area contributed by atoms with E-state index in [0.717, 1.165) is 4.90 Å². The maximum Gasteiger partial charge on any atom is 0.352 e. The molecule has 3 rings (SSSR count). The first-order valence-electron chi connectivity index (χ1n) is 8.43. The fraction of sp³-hybridized carbons (Fsp3) is 0.412. The fourth-order valence-electron chi connectivity index (χ4n) is 3.10. The molecule has 2 aliphatic rings. The lowest BCUT2D eigenvalue weighted by molar-refractivity contribution is -0.192. The number of nitrogens with zero attached hydrogens (tertiary/aromatic N) is 1. The Hall–Kier alpha value is -2.41. The second kappa shape index (κ2) is 8.14. The van der Waals surface area contributed by atoms with Crippen LogP contribution in [0.4, 0.5) is 0 Å². The highest BCUT2D eigenvalue weighted by Gasteiger charge is 2.66. The van der Waals surface area contributed by atoms with E-state index >= 15 is 0 Å². The molecule has 3 atom stereocenters. The van der Waals surface area contributed by atoms with Crippen molar-refractivity contribution in [2.24, 2.45) is 5.73 Å². The first-order chi connectivity index (χ1) is 13.7. The van der Waals surface area contributed by atoms with Crippen molar-refractivity contribution in [3.8, 4) is 0 Å². The Morgan fingerprint density at radius 1 is 1.48 bits per heavy atom. The van der Waals surface area contributed by atoms with Crippen LogP contribution in [0.3, 0.4) is 0 Å². The molecular formula is C17H19N3O7S2. The average molecular weight is 441 g/mol. The molecule has 1 aromatic heterocycles. The van der Waals surface area contributed by atoms with Gasteiger partial charge >= 0.3 is 11.9 Å². The van der Waals surface area contributed by atoms with E-state index < -0.39 is 40.9 Å². The quantitative estimate of drug-likeness (QED) is 0.302. The first kappa shape index (κ1) is 21.3. The first-order valence-corrected chi connectivity index (χ1v) is 10.4. The standard InChI is InChI=1S/C17H19N3O7S2/c1-8(21)27-6-9-7-29-16-17(26-2,15(25)20(16)12(9)14(23)24)19-13(22)11(18)10-4-3-5-28-10/h3-5,11,16H,6-7,18H2,1-2H3,(H,19,22)(H,23,24)/t11?,16-,17+/m1/s1. The molecule has 2 aliphatic heterocycles. The predicted molar refractivity (Wildman–Crippen MR) is 104 cm³/mol. The minimum Gasteiger partial charge on any atom is -0.477 e. The van der Waals surface area contributed by atoms with Gasteiger partial charge in [0.25, 0.3) is 11.6 Å². The lowest BCUT2D eigenvalue weighted by atomic mass is 9.97. The summed E-state index contributed by atoms with van der Waals surface area (Å²) >= 11 is 2.50. The molecule has 2 amide bonds. The number of thiophene rings is 1. The zero-order chi connectivity index (χ0) is 21.3. The number of carbonyl (C=O) groups excluding carboxylic acids is 3. The van der Waals surface area contributed by atoms with Gasteiger partial charge in [0.05, 0.1) is 0 Å². The SMILES string of the molecule is CO[C@@]1(NC(=O)C(N)c2cccs2)C(=O)N2C(C(=O)O)=C(COC(C)=O)CS[C@@H]21. The molecule has 0 aromatic carbocycles. The van der Waals surface area contributed by atoms with Gasteiger partial charge in [-0.1, -0.05) is 6.07 Å². The number of carbonyl (C=O) groups is 4. The maximum atomic E-state index is 12.9. The van der Waals surface area contributed by atoms with Gasteiger partial charge in [-0.15, -0.1) is 23.1 Å². The van der Waals surface area contributed by atoms with E-state index in [0.29, 0.717) is 4.88 Å². The number of nitrogens with two attached hydrogens (primary N) is 1. The van der Waals surface area contributed by atoms with Crippen molar-refractivity contribution < 1.29 is 33.8 Å². The Bertz CT molecular complexity index is 886. The van der Waals surface area contributed by atoms with E-state index in [1.54, 1.807) is 17.5 Å². The van der Waals surface area contributed by atoms with Gasteiger partial charge in [-0.05, 0) is 11.4 Å². The highest BCUT2D eigenvalue weighted by Crippen LogP contribution is 2.46. The Balaban J connectivity index is 1.84. The van der Waals surface area contributed by atoms with Gasteiger partial charge in [0, 0.05) is 30.2 Å². The molecule has 0 aliphatic carbocycles. The third kappa shape index (κ3) is 3.64. The van der Waals surface area contributed by atoms with Gasteiger partial charge in [0.1, 0.15) is 23.7 Å². The van der Waals surface area contributed by atoms with E-state index in [-0.39, 0.29) is 23.6 Å². The number of aliphatic carboxylic acids is 1. The van der Waals surface area contributed by atoms with Crippen LogP contribution in [0.2, 0.25) is 0 Å². The van der Waals surface area contributed by atoms with Crippen LogP contribution in [0, 0.1) is 0 Å². The Morgan fingerprint density at radius 2 is 2.21 bits per heavy atom. The predicted octanol–water partition coefficient (Wildman–Crippen LogP) is 0.0237. The van der Waals surface area contributed by atoms with Crippen molar-refractivity contribution in [2.45, 2.75) is 24.1 Å². The second-order valence-electron chi connectivity index (χ2n) is 6.30. The van der Waals surface area contributed by atoms with Crippen LogP contribution in [0.15, 0.2) is 28.8 Å². The zero-order valence-electron chi connectivity index (χ0n) is 15.5. The molecule has 1 aromatic rings. The number of carboxylic acids is 1. The van der Waals surface area contributed by atoms with E-state index in [1.165, 1.54) is 37.1 Å². The molecule has 0 saturated carbocycles. The molecule has 0 bridgehead atoms. The largest absolute Gasteiger partial charge is 0.477 e. The van der Waals surface area contributed by atoms with Crippen LogP contribution in [0.5, 0.6) is 0 Å². The number of hydrogen-bond donors (Lipinski definition) is 3. The molecule has 4 N–H and O–H groups in total. The summed E-state index contributed by atoms with van der Waals surface area (Å²) in [4.78, 5) is 50.0. The summed E-state index contributed by atoms with van der Waals surface area (Å²) in [5.41, 5.74) is 4.24. The minimum absolute atomic E-state index is 0.182. The van der Waals surface area contributed by atoms with Crippen molar-refractivity contribution in [1.29, 1.82) is 0 Å². The lowest BCUT2D eigenvalue weighted by Crippen LogP contribution is -2.81. The third-order valence-corrected chi connectivity index (χ3v) is 6.85. The number of nitrogens with one attached hydrogen (secondary N) is 1. The fourth-order valence-corrected chi connectivity index (χ4v) is 5.25. The smallest absolute Gasteiger partial charge is 0.352 e. The highest BCUT2D eigenvalue weighted by molar-refractivity contribution is 8.00. The number of ether oxygens (including phenoxy) is 2. The van der Waals surface area contributed by atoms with Crippen LogP contribution in [-0.4, -0.2) is 64.3 Å². The molecule has 1 fully saturated rings. The number of thioether (sulfide) groups is 1. The summed E-state index contributed by atoms with van der Waals surface area (Å²) < 4.78 is 10.3. The monoisotopic (exact) mass is 441 g/mol. The number of fused-ring (bicyclic) bond motifs is 1. The molecule has 10 nitrogen and oxygen atoms in total. The van der Waals surface area contributed by atoms with Crippen LogP contribution in [-0.2, 0) is 28.7 Å². The highest BCUT2D eigenvalue weighted by atomic mass is 32.2. The number of carboxylic acid groups (broad SMARTS) is 1. The normalized spacial score (nSPS) is 24.4. The molecule has 12 heteroatoms. The molecule has 3 heterocycles. The van der Waals surface area contributed by atoms with E-state index in [4.69, 9.17) is 15.2 Å². The van der Waals surface area contributed by atoms with Crippen LogP contribution in [0.25, 0.3) is 0 Å². The second-order valence-corrected chi connectivity index (χ2v) is 8.35. The number of amides is 2. The van der Waals surface area contributed by atoms with Crippen LogP contribution in [0.1, 0.15) is 17.8 Å². The number of hydrogen-bond acceptors (Lipinski definition) is 9. The van der Waals surface area contributed by atoms with Gasteiger partial charge in [-0.25, -0.2) is 4.79 Å². The summed E-state index contributed by atoms with van der Waals surface area (Å²) in [6, 6.07) is 2.46. The Labute approximate surface area is 174 Å². The summed E-state index contributed by atoms with van der Waals surface area (Å²) in [6.45, 7) is 0.965. The van der Waals surface area contributed by atoms with E-state index in [1.807, 2.05) is 0 Å². The van der Waals surface area contributed by atoms with E-state index in [9.17, 15) is 24.3 Å². The maximum absolute atomic E-state index is 12.9.